The third kappa shape index (κ3) is 12.8. The number of ether oxygens (including phenoxy) is 2. The van der Waals surface area contributed by atoms with E-state index in [9.17, 15) is 19.8 Å². The lowest BCUT2D eigenvalue weighted by molar-refractivity contribution is -0.143. The first-order valence-electron chi connectivity index (χ1n) is 11.8. The van der Waals surface area contributed by atoms with Gasteiger partial charge in [0, 0.05) is 6.61 Å². The van der Waals surface area contributed by atoms with Gasteiger partial charge in [-0.2, -0.15) is 0 Å². The molecule has 34 heavy (non-hydrogen) atoms. The molecule has 0 aliphatic rings. The summed E-state index contributed by atoms with van der Waals surface area (Å²) < 4.78 is 11.2. The summed E-state index contributed by atoms with van der Waals surface area (Å²) in [5, 5.41) is 23.3. The van der Waals surface area contributed by atoms with Gasteiger partial charge in [-0.3, -0.25) is 4.79 Å². The van der Waals surface area contributed by atoms with Crippen LogP contribution in [0.25, 0.3) is 0 Å². The Hall–Kier alpha value is -2.38. The van der Waals surface area contributed by atoms with E-state index in [1.165, 1.54) is 0 Å². The molecule has 0 heterocycles. The summed E-state index contributed by atoms with van der Waals surface area (Å²) in [7, 11) is 0. The second-order valence-electron chi connectivity index (χ2n) is 10.9. The Morgan fingerprint density at radius 3 is 2.26 bits per heavy atom. The largest absolute Gasteiger partial charge is 0.481 e. The molecule has 0 saturated heterocycles. The first-order valence-corrected chi connectivity index (χ1v) is 11.8. The molecular formula is C27H43NO6. The molecule has 192 valence electrons. The molecular weight excluding hydrogens is 434 g/mol. The number of hydrogen-bond acceptors (Lipinski definition) is 5. The SMILES string of the molecule is C=C(C)C[C@H](C[C@H](O)[C@H](CC(C)(C)CCOCc1ccccc1)NC(=O)OC(C)(C)C)C(=O)O. The molecule has 0 fully saturated rings. The fourth-order valence-corrected chi connectivity index (χ4v) is 3.70. The number of aliphatic hydroxyl groups excluding tert-OH is 1. The van der Waals surface area contributed by atoms with Crippen LogP contribution in [0.4, 0.5) is 4.79 Å². The molecule has 3 N–H and O–H groups in total. The predicted molar refractivity (Wildman–Crippen MR) is 133 cm³/mol. The summed E-state index contributed by atoms with van der Waals surface area (Å²) in [6.07, 6.45) is -0.294. The topological polar surface area (TPSA) is 105 Å². The van der Waals surface area contributed by atoms with E-state index in [0.717, 1.165) is 11.1 Å². The summed E-state index contributed by atoms with van der Waals surface area (Å²) >= 11 is 0. The van der Waals surface area contributed by atoms with Gasteiger partial charge in [-0.15, -0.1) is 6.58 Å². The summed E-state index contributed by atoms with van der Waals surface area (Å²) in [5.41, 5.74) is 0.846. The van der Waals surface area contributed by atoms with Crippen molar-refractivity contribution in [3.63, 3.8) is 0 Å². The van der Waals surface area contributed by atoms with Gasteiger partial charge in [0.25, 0.3) is 0 Å². The molecule has 3 atom stereocenters. The Balaban J connectivity index is 2.83. The number of benzene rings is 1. The second-order valence-corrected chi connectivity index (χ2v) is 10.9. The molecule has 1 aromatic rings. The highest BCUT2D eigenvalue weighted by molar-refractivity contribution is 5.70. The fraction of sp³-hybridized carbons (Fsp3) is 0.630. The van der Waals surface area contributed by atoms with Crippen molar-refractivity contribution in [2.45, 2.75) is 91.6 Å². The van der Waals surface area contributed by atoms with Crippen molar-refractivity contribution in [2.75, 3.05) is 6.61 Å². The van der Waals surface area contributed by atoms with Gasteiger partial charge in [-0.1, -0.05) is 49.8 Å². The molecule has 1 aromatic carbocycles. The molecule has 0 spiro atoms. The van der Waals surface area contributed by atoms with Gasteiger partial charge in [0.1, 0.15) is 5.60 Å². The Labute approximate surface area is 204 Å². The van der Waals surface area contributed by atoms with E-state index in [2.05, 4.69) is 11.9 Å². The molecule has 7 nitrogen and oxygen atoms in total. The summed E-state index contributed by atoms with van der Waals surface area (Å²) in [4.78, 5) is 24.2. The number of rotatable bonds is 14. The van der Waals surface area contributed by atoms with Gasteiger partial charge >= 0.3 is 12.1 Å². The minimum Gasteiger partial charge on any atom is -0.481 e. The number of aliphatic carboxylic acids is 1. The molecule has 0 unspecified atom stereocenters. The molecule has 0 aliphatic heterocycles. The van der Waals surface area contributed by atoms with E-state index >= 15 is 0 Å². The monoisotopic (exact) mass is 477 g/mol. The molecule has 0 aromatic heterocycles. The smallest absolute Gasteiger partial charge is 0.407 e. The maximum absolute atomic E-state index is 12.5. The third-order valence-electron chi connectivity index (χ3n) is 5.44. The average molecular weight is 478 g/mol. The zero-order valence-corrected chi connectivity index (χ0v) is 21.6. The van der Waals surface area contributed by atoms with E-state index in [0.29, 0.717) is 26.1 Å². The second kappa shape index (κ2) is 13.5. The van der Waals surface area contributed by atoms with E-state index in [4.69, 9.17) is 9.47 Å². The predicted octanol–water partition coefficient (Wildman–Crippen LogP) is 5.32. The first kappa shape index (κ1) is 29.7. The number of carbonyl (C=O) groups is 2. The van der Waals surface area contributed by atoms with E-state index in [1.807, 2.05) is 44.2 Å². The number of nitrogens with one attached hydrogen (secondary N) is 1. The van der Waals surface area contributed by atoms with Gasteiger partial charge < -0.3 is 25.0 Å². The number of alkyl carbamates (subject to hydrolysis) is 1. The maximum atomic E-state index is 12.5. The van der Waals surface area contributed by atoms with Crippen LogP contribution in [-0.4, -0.2) is 46.6 Å². The van der Waals surface area contributed by atoms with Crippen LogP contribution in [0.2, 0.25) is 0 Å². The zero-order valence-electron chi connectivity index (χ0n) is 21.6. The van der Waals surface area contributed by atoms with E-state index in [1.54, 1.807) is 27.7 Å². The Bertz CT molecular complexity index is 784. The maximum Gasteiger partial charge on any atom is 0.407 e. The highest BCUT2D eigenvalue weighted by atomic mass is 16.6. The van der Waals surface area contributed by atoms with Crippen molar-refractivity contribution in [3.8, 4) is 0 Å². The number of allylic oxidation sites excluding steroid dienone is 1. The Kier molecular flexibility index (Phi) is 11.8. The van der Waals surface area contributed by atoms with Crippen molar-refractivity contribution < 1.29 is 29.3 Å². The van der Waals surface area contributed by atoms with Crippen LogP contribution in [0, 0.1) is 11.3 Å². The van der Waals surface area contributed by atoms with Crippen molar-refractivity contribution in [3.05, 3.63) is 48.0 Å². The van der Waals surface area contributed by atoms with Gasteiger partial charge in [0.15, 0.2) is 0 Å². The highest BCUT2D eigenvalue weighted by Crippen LogP contribution is 2.30. The number of aliphatic hydroxyl groups is 1. The average Bonchev–Trinajstić information content (AvgIpc) is 2.69. The summed E-state index contributed by atoms with van der Waals surface area (Å²) in [5.74, 6) is -1.78. The fourth-order valence-electron chi connectivity index (χ4n) is 3.70. The van der Waals surface area contributed by atoms with Crippen LogP contribution in [0.3, 0.4) is 0 Å². The molecule has 1 amide bonds. The number of amides is 1. The van der Waals surface area contributed by atoms with E-state index < -0.39 is 35.7 Å². The quantitative estimate of drug-likeness (QED) is 0.247. The standard InChI is InChI=1S/C27H43NO6/c1-19(2)15-21(24(30)31)16-23(29)22(28-25(32)34-26(3,4)5)17-27(6,7)13-14-33-18-20-11-9-8-10-12-20/h8-12,21-23,29H,1,13-18H2,2-7H3,(H,28,32)(H,30,31)/t21-,22+,23+/m1/s1. The van der Waals surface area contributed by atoms with Gasteiger partial charge in [-0.05, 0) is 64.4 Å². The van der Waals surface area contributed by atoms with Crippen LogP contribution in [0.5, 0.6) is 0 Å². The van der Waals surface area contributed by atoms with Crippen molar-refractivity contribution in [1.29, 1.82) is 0 Å². The number of carbonyl (C=O) groups excluding carboxylic acids is 1. The normalized spacial score (nSPS) is 14.7. The lowest BCUT2D eigenvalue weighted by Gasteiger charge is -2.34. The number of carboxylic acid groups (broad SMARTS) is 1. The van der Waals surface area contributed by atoms with Crippen molar-refractivity contribution in [2.24, 2.45) is 11.3 Å². The van der Waals surface area contributed by atoms with Crippen LogP contribution >= 0.6 is 0 Å². The summed E-state index contributed by atoms with van der Waals surface area (Å²) in [6.45, 7) is 16.0. The third-order valence-corrected chi connectivity index (χ3v) is 5.44. The first-order chi connectivity index (χ1) is 15.7. The van der Waals surface area contributed by atoms with Crippen molar-refractivity contribution in [1.82, 2.24) is 5.32 Å². The minimum absolute atomic E-state index is 0.00322. The zero-order chi connectivity index (χ0) is 25.9. The Morgan fingerprint density at radius 2 is 1.74 bits per heavy atom. The number of carboxylic acids is 1. The molecule has 0 radical (unpaired) electrons. The van der Waals surface area contributed by atoms with Gasteiger partial charge in [0.05, 0.1) is 24.7 Å². The van der Waals surface area contributed by atoms with Gasteiger partial charge in [-0.25, -0.2) is 4.79 Å². The summed E-state index contributed by atoms with van der Waals surface area (Å²) in [6, 6.07) is 9.23. The van der Waals surface area contributed by atoms with E-state index in [-0.39, 0.29) is 18.3 Å². The highest BCUT2D eigenvalue weighted by Gasteiger charge is 2.33. The molecule has 1 rings (SSSR count). The Morgan fingerprint density at radius 1 is 1.12 bits per heavy atom. The van der Waals surface area contributed by atoms with Crippen LogP contribution < -0.4 is 5.32 Å². The molecule has 0 saturated carbocycles. The molecule has 7 heteroatoms. The lowest BCUT2D eigenvalue weighted by atomic mass is 9.80. The van der Waals surface area contributed by atoms with Crippen LogP contribution in [-0.2, 0) is 20.9 Å². The van der Waals surface area contributed by atoms with Crippen molar-refractivity contribution >= 4 is 12.1 Å². The molecule has 0 aliphatic carbocycles. The molecule has 0 bridgehead atoms. The van der Waals surface area contributed by atoms with Crippen LogP contribution in [0.1, 0.15) is 72.8 Å². The van der Waals surface area contributed by atoms with Crippen LogP contribution in [0.15, 0.2) is 42.5 Å². The lowest BCUT2D eigenvalue weighted by Crippen LogP contribution is -2.48. The minimum atomic E-state index is -1.06. The number of hydrogen-bond donors (Lipinski definition) is 3. The van der Waals surface area contributed by atoms with Gasteiger partial charge in [0.2, 0.25) is 0 Å².